The van der Waals surface area contributed by atoms with E-state index in [9.17, 15) is 4.79 Å². The lowest BCUT2D eigenvalue weighted by Crippen LogP contribution is -2.32. The van der Waals surface area contributed by atoms with Gasteiger partial charge in [-0.1, -0.05) is 46.3 Å². The molecule has 2 aliphatic heterocycles. The topological polar surface area (TPSA) is 51.1 Å². The third-order valence-electron chi connectivity index (χ3n) is 4.92. The highest BCUT2D eigenvalue weighted by Crippen LogP contribution is 2.34. The molecule has 0 atom stereocenters. The molecule has 5 rings (SSSR count). The lowest BCUT2D eigenvalue weighted by molar-refractivity contribution is -0.113. The molecule has 0 saturated heterocycles. The molecule has 30 heavy (non-hydrogen) atoms. The first kappa shape index (κ1) is 18.6. The SMILES string of the molecule is Cc1cccc(N2C(=O)/C(=C\c3ccc4c(c3)OCO4)N=C2c2ccc(Br)cc2)c1. The maximum absolute atomic E-state index is 13.4. The predicted octanol–water partition coefficient (Wildman–Crippen LogP) is 5.32. The number of fused-ring (bicyclic) bond motifs is 1. The van der Waals surface area contributed by atoms with Gasteiger partial charge in [0.05, 0.1) is 5.69 Å². The average molecular weight is 461 g/mol. The number of nitrogens with zero attached hydrogens (tertiary/aromatic N) is 2. The van der Waals surface area contributed by atoms with Crippen LogP contribution in [0.5, 0.6) is 11.5 Å². The largest absolute Gasteiger partial charge is 0.454 e. The number of hydrogen-bond acceptors (Lipinski definition) is 4. The number of aliphatic imine (C=N–C) groups is 1. The Hall–Kier alpha value is -3.38. The van der Waals surface area contributed by atoms with Crippen LogP contribution in [0, 0.1) is 6.92 Å². The maximum Gasteiger partial charge on any atom is 0.282 e. The third kappa shape index (κ3) is 3.39. The summed E-state index contributed by atoms with van der Waals surface area (Å²) in [7, 11) is 0. The Morgan fingerprint density at radius 2 is 1.80 bits per heavy atom. The van der Waals surface area contributed by atoms with E-state index in [0.29, 0.717) is 23.0 Å². The Bertz CT molecular complexity index is 1220. The van der Waals surface area contributed by atoms with E-state index >= 15 is 0 Å². The molecule has 0 bridgehead atoms. The molecule has 148 valence electrons. The minimum atomic E-state index is -0.170. The Morgan fingerprint density at radius 1 is 1.00 bits per heavy atom. The van der Waals surface area contributed by atoms with Crippen molar-refractivity contribution in [1.82, 2.24) is 0 Å². The first-order valence-corrected chi connectivity index (χ1v) is 10.2. The van der Waals surface area contributed by atoms with Gasteiger partial charge in [-0.2, -0.15) is 0 Å². The number of amides is 1. The fourth-order valence-electron chi connectivity index (χ4n) is 3.48. The van der Waals surface area contributed by atoms with Gasteiger partial charge in [0.15, 0.2) is 11.5 Å². The molecule has 0 N–H and O–H groups in total. The van der Waals surface area contributed by atoms with E-state index < -0.39 is 0 Å². The van der Waals surface area contributed by atoms with Gasteiger partial charge in [-0.15, -0.1) is 0 Å². The predicted molar refractivity (Wildman–Crippen MR) is 120 cm³/mol. The maximum atomic E-state index is 13.4. The molecule has 2 heterocycles. The number of halogens is 1. The highest BCUT2D eigenvalue weighted by Gasteiger charge is 2.32. The number of aryl methyl sites for hydroxylation is 1. The van der Waals surface area contributed by atoms with Gasteiger partial charge in [0, 0.05) is 10.0 Å². The first-order valence-electron chi connectivity index (χ1n) is 9.45. The smallest absolute Gasteiger partial charge is 0.282 e. The van der Waals surface area contributed by atoms with Crippen LogP contribution in [0.2, 0.25) is 0 Å². The van der Waals surface area contributed by atoms with Gasteiger partial charge in [0.25, 0.3) is 5.91 Å². The van der Waals surface area contributed by atoms with Crippen molar-refractivity contribution in [2.24, 2.45) is 4.99 Å². The summed E-state index contributed by atoms with van der Waals surface area (Å²) in [4.78, 5) is 19.8. The minimum absolute atomic E-state index is 0.170. The van der Waals surface area contributed by atoms with Crippen molar-refractivity contribution in [3.05, 3.63) is 93.6 Å². The molecular weight excluding hydrogens is 444 g/mol. The van der Waals surface area contributed by atoms with E-state index in [0.717, 1.165) is 26.9 Å². The molecule has 5 nitrogen and oxygen atoms in total. The molecule has 0 unspecified atom stereocenters. The van der Waals surface area contributed by atoms with Gasteiger partial charge in [-0.3, -0.25) is 9.69 Å². The zero-order valence-electron chi connectivity index (χ0n) is 16.1. The summed E-state index contributed by atoms with van der Waals surface area (Å²) in [6.45, 7) is 2.21. The van der Waals surface area contributed by atoms with E-state index in [1.54, 1.807) is 11.0 Å². The van der Waals surface area contributed by atoms with Crippen LogP contribution >= 0.6 is 15.9 Å². The van der Waals surface area contributed by atoms with Crippen LogP contribution in [0.1, 0.15) is 16.7 Å². The summed E-state index contributed by atoms with van der Waals surface area (Å²) >= 11 is 3.46. The fourth-order valence-corrected chi connectivity index (χ4v) is 3.74. The number of amidine groups is 1. The summed E-state index contributed by atoms with van der Waals surface area (Å²) < 4.78 is 11.8. The summed E-state index contributed by atoms with van der Waals surface area (Å²) in [6.07, 6.45) is 1.78. The van der Waals surface area contributed by atoms with Crippen LogP contribution < -0.4 is 14.4 Å². The van der Waals surface area contributed by atoms with E-state index in [-0.39, 0.29) is 12.7 Å². The Balaban J connectivity index is 1.60. The number of ether oxygens (including phenoxy) is 2. The number of carbonyl (C=O) groups is 1. The number of carbonyl (C=O) groups excluding carboxylic acids is 1. The van der Waals surface area contributed by atoms with Crippen LogP contribution in [-0.2, 0) is 4.79 Å². The van der Waals surface area contributed by atoms with Gasteiger partial charge < -0.3 is 9.47 Å². The van der Waals surface area contributed by atoms with E-state index in [2.05, 4.69) is 15.9 Å². The van der Waals surface area contributed by atoms with Crippen molar-refractivity contribution in [2.75, 3.05) is 11.7 Å². The monoisotopic (exact) mass is 460 g/mol. The first-order chi connectivity index (χ1) is 14.6. The van der Waals surface area contributed by atoms with Crippen LogP contribution in [0.15, 0.2) is 81.9 Å². The van der Waals surface area contributed by atoms with Crippen LogP contribution in [0.4, 0.5) is 5.69 Å². The van der Waals surface area contributed by atoms with Crippen molar-refractivity contribution < 1.29 is 14.3 Å². The molecule has 0 saturated carbocycles. The quantitative estimate of drug-likeness (QED) is 0.496. The molecule has 1 amide bonds. The lowest BCUT2D eigenvalue weighted by Gasteiger charge is -2.19. The van der Waals surface area contributed by atoms with Crippen LogP contribution in [0.3, 0.4) is 0 Å². The van der Waals surface area contributed by atoms with Gasteiger partial charge in [-0.25, -0.2) is 4.99 Å². The van der Waals surface area contributed by atoms with E-state index in [1.165, 1.54) is 0 Å². The Kier molecular flexibility index (Phi) is 4.64. The second-order valence-electron chi connectivity index (χ2n) is 7.06. The highest BCUT2D eigenvalue weighted by atomic mass is 79.9. The number of benzene rings is 3. The molecule has 2 aliphatic rings. The summed E-state index contributed by atoms with van der Waals surface area (Å²) in [5.41, 5.74) is 3.92. The van der Waals surface area contributed by atoms with Gasteiger partial charge >= 0.3 is 0 Å². The Labute approximate surface area is 182 Å². The van der Waals surface area contributed by atoms with Crippen molar-refractivity contribution >= 4 is 39.4 Å². The molecule has 0 aliphatic carbocycles. The standard InChI is InChI=1S/C24H17BrN2O3/c1-15-3-2-4-19(11-15)27-23(17-6-8-18(25)9-7-17)26-20(24(27)28)12-16-5-10-21-22(13-16)30-14-29-21/h2-13H,14H2,1H3/b20-12+. The number of rotatable bonds is 3. The van der Waals surface area contributed by atoms with Gasteiger partial charge in [-0.05, 0) is 60.5 Å². The summed E-state index contributed by atoms with van der Waals surface area (Å²) in [6, 6.07) is 21.2. The van der Waals surface area contributed by atoms with Gasteiger partial charge in [0.2, 0.25) is 6.79 Å². The van der Waals surface area contributed by atoms with Crippen LogP contribution in [-0.4, -0.2) is 18.5 Å². The third-order valence-corrected chi connectivity index (χ3v) is 5.45. The highest BCUT2D eigenvalue weighted by molar-refractivity contribution is 9.10. The van der Waals surface area contributed by atoms with Crippen molar-refractivity contribution in [3.63, 3.8) is 0 Å². The second-order valence-corrected chi connectivity index (χ2v) is 7.98. The van der Waals surface area contributed by atoms with E-state index in [4.69, 9.17) is 14.5 Å². The fraction of sp³-hybridized carbons (Fsp3) is 0.0833. The van der Waals surface area contributed by atoms with Crippen molar-refractivity contribution in [2.45, 2.75) is 6.92 Å². The lowest BCUT2D eigenvalue weighted by atomic mass is 10.1. The molecule has 0 fully saturated rings. The molecular formula is C24H17BrN2O3. The zero-order chi connectivity index (χ0) is 20.7. The average Bonchev–Trinajstić information content (AvgIpc) is 3.33. The molecule has 6 heteroatoms. The number of anilines is 1. The minimum Gasteiger partial charge on any atom is -0.454 e. The second kappa shape index (κ2) is 7.46. The molecule has 3 aromatic carbocycles. The van der Waals surface area contributed by atoms with E-state index in [1.807, 2.05) is 73.7 Å². The molecule has 3 aromatic rings. The van der Waals surface area contributed by atoms with Gasteiger partial charge in [0.1, 0.15) is 11.5 Å². The van der Waals surface area contributed by atoms with Crippen LogP contribution in [0.25, 0.3) is 6.08 Å². The van der Waals surface area contributed by atoms with Crippen molar-refractivity contribution in [1.29, 1.82) is 0 Å². The summed E-state index contributed by atoms with van der Waals surface area (Å²) in [5, 5.41) is 0. The molecule has 0 radical (unpaired) electrons. The molecule has 0 spiro atoms. The van der Waals surface area contributed by atoms with Crippen molar-refractivity contribution in [3.8, 4) is 11.5 Å². The normalized spacial score (nSPS) is 16.3. The zero-order valence-corrected chi connectivity index (χ0v) is 17.7. The summed E-state index contributed by atoms with van der Waals surface area (Å²) in [5.74, 6) is 1.80. The Morgan fingerprint density at radius 3 is 2.60 bits per heavy atom. The molecule has 0 aromatic heterocycles. The number of hydrogen-bond donors (Lipinski definition) is 0.